The molecule has 4 fully saturated rings. The van der Waals surface area contributed by atoms with E-state index in [1.807, 2.05) is 7.11 Å². The number of fused-ring (bicyclic) bond motifs is 5. The molecule has 2 N–H and O–H groups in total. The van der Waals surface area contributed by atoms with Crippen molar-refractivity contribution < 1.29 is 24.1 Å². The van der Waals surface area contributed by atoms with Crippen LogP contribution in [0.25, 0.3) is 0 Å². The van der Waals surface area contributed by atoms with Gasteiger partial charge in [0, 0.05) is 27.2 Å². The number of aliphatic hydroxyl groups excluding tert-OH is 1. The van der Waals surface area contributed by atoms with Gasteiger partial charge in [-0.1, -0.05) is 20.8 Å². The van der Waals surface area contributed by atoms with Crippen LogP contribution in [0.4, 0.5) is 0 Å². The number of aliphatic hydroxyl groups is 1. The molecule has 0 bridgehead atoms. The summed E-state index contributed by atoms with van der Waals surface area (Å²) < 4.78 is 16.7. The van der Waals surface area contributed by atoms with Gasteiger partial charge in [0.05, 0.1) is 32.0 Å². The zero-order valence-electron chi connectivity index (χ0n) is 23.6. The summed E-state index contributed by atoms with van der Waals surface area (Å²) in [5.41, 5.74) is 0.704. The van der Waals surface area contributed by atoms with Gasteiger partial charge >= 0.3 is 0 Å². The van der Waals surface area contributed by atoms with Crippen molar-refractivity contribution in [1.82, 2.24) is 5.32 Å². The van der Waals surface area contributed by atoms with Crippen LogP contribution >= 0.6 is 0 Å². The van der Waals surface area contributed by atoms with E-state index in [0.29, 0.717) is 73.4 Å². The summed E-state index contributed by atoms with van der Waals surface area (Å²) in [7, 11) is 3.58. The molecule has 1 unspecified atom stereocenters. The predicted molar refractivity (Wildman–Crippen MR) is 142 cm³/mol. The highest BCUT2D eigenvalue weighted by Crippen LogP contribution is 2.68. The third-order valence-electron chi connectivity index (χ3n) is 11.5. The second-order valence-corrected chi connectivity index (χ2v) is 13.1. The molecule has 4 aliphatic rings. The van der Waals surface area contributed by atoms with Crippen molar-refractivity contribution in [2.45, 2.75) is 97.2 Å². The first-order valence-electron chi connectivity index (χ1n) is 14.8. The van der Waals surface area contributed by atoms with E-state index >= 15 is 0 Å². The molecule has 4 saturated carbocycles. The SMILES string of the molecule is COCCOCCNC(=O)CCC(C)[C@H]1CC[C@H]2[C@@H]3[C@H](OC)C[C@@H]4C[C@H](O)CC[C@]4(C)[C@H]3CC[C@]12C. The molecule has 0 aromatic heterocycles. The molecule has 4 aliphatic carbocycles. The zero-order valence-corrected chi connectivity index (χ0v) is 23.6. The molecule has 6 nitrogen and oxygen atoms in total. The number of methoxy groups -OCH3 is 2. The highest BCUT2D eigenvalue weighted by Gasteiger charge is 2.63. The van der Waals surface area contributed by atoms with Crippen molar-refractivity contribution in [1.29, 1.82) is 0 Å². The highest BCUT2D eigenvalue weighted by atomic mass is 16.5. The fraction of sp³-hybridized carbons (Fsp3) is 0.967. The molecule has 0 radical (unpaired) electrons. The monoisotopic (exact) mass is 507 g/mol. The minimum absolute atomic E-state index is 0.122. The normalized spacial score (nSPS) is 42.8. The number of nitrogens with one attached hydrogen (secondary N) is 1. The molecule has 0 heterocycles. The molecule has 10 atom stereocenters. The highest BCUT2D eigenvalue weighted by molar-refractivity contribution is 5.75. The maximum absolute atomic E-state index is 12.5. The molecular weight excluding hydrogens is 454 g/mol. The summed E-state index contributed by atoms with van der Waals surface area (Å²) in [5, 5.41) is 13.4. The van der Waals surface area contributed by atoms with Crippen LogP contribution in [0, 0.1) is 46.3 Å². The lowest BCUT2D eigenvalue weighted by Crippen LogP contribution is -2.59. The Morgan fingerprint density at radius 2 is 1.75 bits per heavy atom. The lowest BCUT2D eigenvalue weighted by Gasteiger charge is -2.63. The Morgan fingerprint density at radius 1 is 1.00 bits per heavy atom. The van der Waals surface area contributed by atoms with Gasteiger partial charge in [-0.05, 0) is 104 Å². The molecule has 6 heteroatoms. The Labute approximate surface area is 219 Å². The summed E-state index contributed by atoms with van der Waals surface area (Å²) in [5.74, 6) is 4.06. The van der Waals surface area contributed by atoms with Crippen LogP contribution in [-0.2, 0) is 19.0 Å². The van der Waals surface area contributed by atoms with Crippen molar-refractivity contribution >= 4 is 5.91 Å². The number of rotatable bonds is 11. The molecule has 1 amide bonds. The standard InChI is InChI=1S/C30H53NO5/c1-20(6-9-27(33)31-14-15-36-17-16-34-4)23-7-8-24-28-25(11-13-30(23,24)3)29(2)12-10-22(32)18-21(29)19-26(28)35-5/h20-26,28,32H,6-19H2,1-5H3,(H,31,33)/t20?,21-,22+,23+,24-,25-,26+,28-,29-,30+/m0/s1. The smallest absolute Gasteiger partial charge is 0.220 e. The fourth-order valence-electron chi connectivity index (χ4n) is 9.55. The topological polar surface area (TPSA) is 77.0 Å². The average Bonchev–Trinajstić information content (AvgIpc) is 3.22. The second kappa shape index (κ2) is 12.0. The summed E-state index contributed by atoms with van der Waals surface area (Å²) in [6, 6.07) is 0. The van der Waals surface area contributed by atoms with Crippen LogP contribution in [0.2, 0.25) is 0 Å². The van der Waals surface area contributed by atoms with E-state index in [9.17, 15) is 9.90 Å². The van der Waals surface area contributed by atoms with Gasteiger partial charge in [-0.3, -0.25) is 4.79 Å². The first kappa shape index (κ1) is 28.3. The minimum Gasteiger partial charge on any atom is -0.393 e. The predicted octanol–water partition coefficient (Wildman–Crippen LogP) is 4.83. The Hall–Kier alpha value is -0.690. The van der Waals surface area contributed by atoms with E-state index in [4.69, 9.17) is 14.2 Å². The van der Waals surface area contributed by atoms with Crippen LogP contribution < -0.4 is 5.32 Å². The zero-order chi connectivity index (χ0) is 25.9. The minimum atomic E-state index is -0.122. The van der Waals surface area contributed by atoms with Gasteiger partial charge in [-0.25, -0.2) is 0 Å². The van der Waals surface area contributed by atoms with Crippen LogP contribution in [0.1, 0.15) is 85.0 Å². The van der Waals surface area contributed by atoms with Crippen LogP contribution in [-0.4, -0.2) is 63.8 Å². The van der Waals surface area contributed by atoms with Gasteiger partial charge in [0.15, 0.2) is 0 Å². The maximum Gasteiger partial charge on any atom is 0.220 e. The molecular formula is C30H53NO5. The molecule has 0 aromatic rings. The van der Waals surface area contributed by atoms with Gasteiger partial charge < -0.3 is 24.6 Å². The van der Waals surface area contributed by atoms with Crippen molar-refractivity contribution in [3.63, 3.8) is 0 Å². The summed E-state index contributed by atoms with van der Waals surface area (Å²) >= 11 is 0. The lowest BCUT2D eigenvalue weighted by atomic mass is 9.43. The van der Waals surface area contributed by atoms with Crippen molar-refractivity contribution in [3.8, 4) is 0 Å². The van der Waals surface area contributed by atoms with E-state index in [2.05, 4.69) is 26.1 Å². The number of ether oxygens (including phenoxy) is 3. The van der Waals surface area contributed by atoms with Gasteiger partial charge in [-0.15, -0.1) is 0 Å². The van der Waals surface area contributed by atoms with Gasteiger partial charge in [-0.2, -0.15) is 0 Å². The van der Waals surface area contributed by atoms with E-state index < -0.39 is 0 Å². The van der Waals surface area contributed by atoms with E-state index in [0.717, 1.165) is 37.5 Å². The maximum atomic E-state index is 12.5. The second-order valence-electron chi connectivity index (χ2n) is 13.1. The first-order valence-corrected chi connectivity index (χ1v) is 14.8. The fourth-order valence-corrected chi connectivity index (χ4v) is 9.55. The Balaban J connectivity index is 1.34. The molecule has 4 rings (SSSR count). The van der Waals surface area contributed by atoms with E-state index in [1.165, 1.54) is 32.1 Å². The van der Waals surface area contributed by atoms with Crippen LogP contribution in [0.3, 0.4) is 0 Å². The van der Waals surface area contributed by atoms with Crippen molar-refractivity contribution in [2.24, 2.45) is 46.3 Å². The molecule has 208 valence electrons. The number of amides is 1. The largest absolute Gasteiger partial charge is 0.393 e. The number of hydrogen-bond donors (Lipinski definition) is 2. The lowest BCUT2D eigenvalue weighted by molar-refractivity contribution is -0.181. The average molecular weight is 508 g/mol. The first-order chi connectivity index (χ1) is 17.2. The summed E-state index contributed by atoms with van der Waals surface area (Å²) in [6.45, 7) is 9.77. The van der Waals surface area contributed by atoms with Gasteiger partial charge in [0.2, 0.25) is 5.91 Å². The Morgan fingerprint density at radius 3 is 2.50 bits per heavy atom. The summed E-state index contributed by atoms with van der Waals surface area (Å²) in [4.78, 5) is 12.5. The molecule has 0 spiro atoms. The van der Waals surface area contributed by atoms with Crippen LogP contribution in [0.15, 0.2) is 0 Å². The quantitative estimate of drug-likeness (QED) is 0.392. The molecule has 0 aliphatic heterocycles. The third kappa shape index (κ3) is 5.53. The summed E-state index contributed by atoms with van der Waals surface area (Å²) in [6.07, 6.45) is 11.2. The van der Waals surface area contributed by atoms with Crippen LogP contribution in [0.5, 0.6) is 0 Å². The van der Waals surface area contributed by atoms with Gasteiger partial charge in [0.25, 0.3) is 0 Å². The van der Waals surface area contributed by atoms with Crippen molar-refractivity contribution in [3.05, 3.63) is 0 Å². The van der Waals surface area contributed by atoms with E-state index in [-0.39, 0.29) is 12.0 Å². The van der Waals surface area contributed by atoms with E-state index in [1.54, 1.807) is 7.11 Å². The molecule has 36 heavy (non-hydrogen) atoms. The number of hydrogen-bond acceptors (Lipinski definition) is 5. The third-order valence-corrected chi connectivity index (χ3v) is 11.5. The number of carbonyl (C=O) groups excluding carboxylic acids is 1. The Kier molecular flexibility index (Phi) is 9.45. The molecule has 0 aromatic carbocycles. The molecule has 0 saturated heterocycles. The van der Waals surface area contributed by atoms with Crippen molar-refractivity contribution in [2.75, 3.05) is 40.6 Å². The Bertz CT molecular complexity index is 732. The van der Waals surface area contributed by atoms with Gasteiger partial charge in [0.1, 0.15) is 0 Å². The number of carbonyl (C=O) groups is 1.